The van der Waals surface area contributed by atoms with Crippen LogP contribution in [0.2, 0.25) is 0 Å². The van der Waals surface area contributed by atoms with Crippen LogP contribution in [0, 0.1) is 34.4 Å². The first-order valence-electron chi connectivity index (χ1n) is 24.5. The number of aliphatic hydroxyl groups is 1. The lowest BCUT2D eigenvalue weighted by Crippen LogP contribution is -2.70. The standard InChI is InChI=1S/C48H65F14NO13/c1-2-36(40(66)75-30-15-43(50,51)44(52,53)45(54,55)46(56,57)47(58,59)48(60,61)62)37-32-42(37,41(67)76-28-4-3-27-73-35-12-11-34(33-63)38(49)31-35)14-13-39(65)74-29-10-26-72-25-9-24-71-23-8-22-70-21-7-20-69-19-6-18-68-17-5-16-64/h11-12,31,36-37,64H,2-10,13-30,32H2,1H3. The molecule has 3 atom stereocenters. The van der Waals surface area contributed by atoms with Crippen molar-refractivity contribution in [2.45, 2.75) is 126 Å². The molecule has 1 N–H and O–H groups in total. The number of benzene rings is 1. The summed E-state index contributed by atoms with van der Waals surface area (Å²) >= 11 is 0. The number of nitrogens with zero attached hydrogens (tertiary/aromatic N) is 1. The smallest absolute Gasteiger partial charge is 0.460 e. The number of rotatable bonds is 43. The first kappa shape index (κ1) is 67.8. The van der Waals surface area contributed by atoms with Gasteiger partial charge in [-0.15, -0.1) is 0 Å². The largest absolute Gasteiger partial charge is 0.493 e. The van der Waals surface area contributed by atoms with Gasteiger partial charge in [-0.3, -0.25) is 14.4 Å². The maximum absolute atomic E-state index is 14.4. The highest BCUT2D eigenvalue weighted by atomic mass is 19.4. The molecule has 1 aliphatic rings. The van der Waals surface area contributed by atoms with Gasteiger partial charge in [0.1, 0.15) is 17.6 Å². The van der Waals surface area contributed by atoms with Crippen LogP contribution >= 0.6 is 0 Å². The van der Waals surface area contributed by atoms with Crippen LogP contribution in [0.3, 0.4) is 0 Å². The summed E-state index contributed by atoms with van der Waals surface area (Å²) in [6, 6.07) is 5.18. The molecule has 76 heavy (non-hydrogen) atoms. The molecule has 14 nitrogen and oxygen atoms in total. The molecule has 0 saturated heterocycles. The first-order valence-corrected chi connectivity index (χ1v) is 24.5. The van der Waals surface area contributed by atoms with Gasteiger partial charge in [-0.2, -0.15) is 62.3 Å². The van der Waals surface area contributed by atoms with Crippen LogP contribution in [0.5, 0.6) is 5.75 Å². The molecule has 2 rings (SSSR count). The van der Waals surface area contributed by atoms with E-state index in [9.17, 15) is 75.8 Å². The second kappa shape index (κ2) is 32.6. The number of hydrogen-bond acceptors (Lipinski definition) is 14. The lowest BCUT2D eigenvalue weighted by Gasteiger charge is -2.39. The van der Waals surface area contributed by atoms with Crippen molar-refractivity contribution < 1.29 is 124 Å². The third kappa shape index (κ3) is 20.2. The van der Waals surface area contributed by atoms with E-state index in [0.29, 0.717) is 78.7 Å². The number of unbranched alkanes of at least 4 members (excludes halogenated alkanes) is 1. The highest BCUT2D eigenvalue weighted by Gasteiger charge is 2.90. The summed E-state index contributed by atoms with van der Waals surface area (Å²) in [7, 11) is 0. The average molecular weight is 1130 g/mol. The minimum Gasteiger partial charge on any atom is -0.493 e. The molecule has 0 radical (unpaired) electrons. The summed E-state index contributed by atoms with van der Waals surface area (Å²) in [5, 5.41) is 17.6. The number of carbonyl (C=O) groups excluding carboxylic acids is 3. The summed E-state index contributed by atoms with van der Waals surface area (Å²) < 4.78 is 238. The van der Waals surface area contributed by atoms with Crippen LogP contribution in [0.4, 0.5) is 61.5 Å². The number of esters is 3. The number of hydrogen-bond donors (Lipinski definition) is 1. The lowest BCUT2D eigenvalue weighted by molar-refractivity contribution is -0.440. The van der Waals surface area contributed by atoms with E-state index < -0.39 is 96.2 Å². The number of carbonyl (C=O) groups is 3. The van der Waals surface area contributed by atoms with Crippen LogP contribution in [0.1, 0.15) is 96.0 Å². The van der Waals surface area contributed by atoms with Crippen LogP contribution in [-0.4, -0.2) is 158 Å². The Bertz CT molecular complexity index is 1930. The van der Waals surface area contributed by atoms with E-state index >= 15 is 0 Å². The Balaban J connectivity index is 1.86. The second-order valence-electron chi connectivity index (χ2n) is 17.5. The van der Waals surface area contributed by atoms with Gasteiger partial charge in [0, 0.05) is 91.6 Å². The summed E-state index contributed by atoms with van der Waals surface area (Å²) in [5.74, 6) is -44.6. The van der Waals surface area contributed by atoms with E-state index in [2.05, 4.69) is 4.74 Å². The molecule has 438 valence electrons. The lowest BCUT2D eigenvalue weighted by atomic mass is 9.89. The molecule has 0 aliphatic heterocycles. The van der Waals surface area contributed by atoms with Gasteiger partial charge in [0.25, 0.3) is 0 Å². The summed E-state index contributed by atoms with van der Waals surface area (Å²) in [5.41, 5.74) is -1.86. The molecule has 1 aromatic rings. The van der Waals surface area contributed by atoms with E-state index in [4.69, 9.17) is 48.3 Å². The van der Waals surface area contributed by atoms with Crippen LogP contribution in [0.25, 0.3) is 0 Å². The minimum atomic E-state index is -8.09. The van der Waals surface area contributed by atoms with Crippen molar-refractivity contribution in [2.75, 3.05) is 99.1 Å². The zero-order valence-corrected chi connectivity index (χ0v) is 41.8. The second-order valence-corrected chi connectivity index (χ2v) is 17.5. The fraction of sp³-hybridized carbons (Fsp3) is 0.792. The van der Waals surface area contributed by atoms with Crippen LogP contribution in [0.15, 0.2) is 18.2 Å². The molecule has 1 saturated carbocycles. The SMILES string of the molecule is CCC(C(=O)OCCC(F)(F)C(F)(F)C(F)(F)C(F)(F)C(F)(F)C(F)(F)F)C1CC1(CCC(=O)OCCCOCCCOCCCOCCCOCCCOCCCO)C(=O)OCCCCOc1ccc(C#N)c(F)c1. The fourth-order valence-electron chi connectivity index (χ4n) is 7.30. The molecule has 1 fully saturated rings. The van der Waals surface area contributed by atoms with Crippen molar-refractivity contribution in [1.82, 2.24) is 0 Å². The van der Waals surface area contributed by atoms with Crippen molar-refractivity contribution in [2.24, 2.45) is 17.3 Å². The molecule has 3 unspecified atom stereocenters. The van der Waals surface area contributed by atoms with Gasteiger partial charge in [0.2, 0.25) is 0 Å². The highest BCUT2D eigenvalue weighted by molar-refractivity contribution is 5.84. The maximum Gasteiger partial charge on any atom is 0.460 e. The summed E-state index contributed by atoms with van der Waals surface area (Å²) in [6.45, 7) is 3.83. The average Bonchev–Trinajstić information content (AvgIpc) is 4.08. The molecule has 0 heterocycles. The van der Waals surface area contributed by atoms with Crippen molar-refractivity contribution in [3.63, 3.8) is 0 Å². The highest BCUT2D eigenvalue weighted by Crippen LogP contribution is 2.62. The fourth-order valence-corrected chi connectivity index (χ4v) is 7.30. The molecule has 28 heteroatoms. The Hall–Kier alpha value is -4.30. The Morgan fingerprint density at radius 3 is 1.58 bits per heavy atom. The van der Waals surface area contributed by atoms with Crippen LogP contribution in [-0.2, 0) is 52.3 Å². The van der Waals surface area contributed by atoms with Crippen LogP contribution < -0.4 is 4.74 Å². The van der Waals surface area contributed by atoms with Gasteiger partial charge in [-0.25, -0.2) is 4.39 Å². The van der Waals surface area contributed by atoms with Gasteiger partial charge < -0.3 is 47.7 Å². The number of alkyl halides is 13. The monoisotopic (exact) mass is 1130 g/mol. The Morgan fingerprint density at radius 2 is 1.11 bits per heavy atom. The Kier molecular flexibility index (Phi) is 29.1. The van der Waals surface area contributed by atoms with Crippen molar-refractivity contribution in [3.8, 4) is 11.8 Å². The molecule has 0 amide bonds. The summed E-state index contributed by atoms with van der Waals surface area (Å²) in [4.78, 5) is 39.4. The predicted molar refractivity (Wildman–Crippen MR) is 237 cm³/mol. The zero-order chi connectivity index (χ0) is 57.1. The normalized spacial score (nSPS) is 16.8. The topological polar surface area (TPSA) is 178 Å². The van der Waals surface area contributed by atoms with Gasteiger partial charge in [0.05, 0.1) is 49.7 Å². The molecule has 1 aromatic carbocycles. The molecular weight excluding hydrogens is 1060 g/mol. The van der Waals surface area contributed by atoms with E-state index in [1.807, 2.05) is 0 Å². The molecule has 0 aromatic heterocycles. The van der Waals surface area contributed by atoms with Crippen molar-refractivity contribution in [3.05, 3.63) is 29.6 Å². The predicted octanol–water partition coefficient (Wildman–Crippen LogP) is 9.84. The minimum absolute atomic E-state index is 0.00158. The third-order valence-corrected chi connectivity index (χ3v) is 11.8. The zero-order valence-electron chi connectivity index (χ0n) is 41.8. The van der Waals surface area contributed by atoms with Gasteiger partial charge in [0.15, 0.2) is 0 Å². The van der Waals surface area contributed by atoms with E-state index in [-0.39, 0.29) is 82.9 Å². The number of nitriles is 1. The molecular formula is C48H65F14NO13. The van der Waals surface area contributed by atoms with E-state index in [0.717, 1.165) is 18.9 Å². The number of halogens is 14. The first-order chi connectivity index (χ1) is 35.7. The molecule has 0 bridgehead atoms. The van der Waals surface area contributed by atoms with Crippen molar-refractivity contribution in [1.29, 1.82) is 5.26 Å². The van der Waals surface area contributed by atoms with E-state index in [1.165, 1.54) is 19.1 Å². The Morgan fingerprint density at radius 1 is 0.632 bits per heavy atom. The van der Waals surface area contributed by atoms with Gasteiger partial charge >= 0.3 is 53.7 Å². The number of ether oxygens (including phenoxy) is 9. The van der Waals surface area contributed by atoms with Gasteiger partial charge in [-0.05, 0) is 82.3 Å². The quantitative estimate of drug-likeness (QED) is 0.0283. The van der Waals surface area contributed by atoms with Crippen molar-refractivity contribution >= 4 is 17.9 Å². The summed E-state index contributed by atoms with van der Waals surface area (Å²) in [6.07, 6.45) is -7.56. The molecule has 0 spiro atoms. The maximum atomic E-state index is 14.4. The molecule has 1 aliphatic carbocycles. The number of aliphatic hydroxyl groups excluding tert-OH is 1. The van der Waals surface area contributed by atoms with E-state index in [1.54, 1.807) is 6.07 Å². The third-order valence-electron chi connectivity index (χ3n) is 11.8. The van der Waals surface area contributed by atoms with Gasteiger partial charge in [-0.1, -0.05) is 6.92 Å². The Labute approximate surface area is 430 Å².